The molecule has 0 saturated heterocycles. The summed E-state index contributed by atoms with van der Waals surface area (Å²) in [6, 6.07) is 6.43. The molecule has 2 rings (SSSR count). The van der Waals surface area contributed by atoms with Crippen molar-refractivity contribution in [2.45, 2.75) is 13.0 Å². The average Bonchev–Trinajstić information content (AvgIpc) is 2.85. The first-order valence-corrected chi connectivity index (χ1v) is 6.50. The van der Waals surface area contributed by atoms with Crippen molar-refractivity contribution in [3.63, 3.8) is 0 Å². The number of hydrogen-bond donors (Lipinski definition) is 1. The Morgan fingerprint density at radius 2 is 2.40 bits per heavy atom. The van der Waals surface area contributed by atoms with Gasteiger partial charge in [0.2, 0.25) is 0 Å². The van der Waals surface area contributed by atoms with Crippen molar-refractivity contribution >= 4 is 27.3 Å². The Labute approximate surface area is 101 Å². The van der Waals surface area contributed by atoms with E-state index in [2.05, 4.69) is 45.7 Å². The topological polar surface area (TPSA) is 25.2 Å². The molecule has 4 heteroatoms. The highest BCUT2D eigenvalue weighted by molar-refractivity contribution is 9.10. The SMILES string of the molecule is CCNC(c1cccs1)c1ccoc1Br. The van der Waals surface area contributed by atoms with Crippen LogP contribution in [0.1, 0.15) is 23.4 Å². The molecule has 0 fully saturated rings. The van der Waals surface area contributed by atoms with E-state index in [1.54, 1.807) is 17.6 Å². The molecule has 0 saturated carbocycles. The molecule has 0 aliphatic carbocycles. The Hall–Kier alpha value is -0.580. The summed E-state index contributed by atoms with van der Waals surface area (Å²) in [6.45, 7) is 3.04. The summed E-state index contributed by atoms with van der Waals surface area (Å²) in [5, 5.41) is 5.54. The smallest absolute Gasteiger partial charge is 0.174 e. The Kier molecular flexibility index (Phi) is 3.61. The van der Waals surface area contributed by atoms with E-state index in [4.69, 9.17) is 4.42 Å². The maximum Gasteiger partial charge on any atom is 0.174 e. The highest BCUT2D eigenvalue weighted by Gasteiger charge is 2.18. The first-order chi connectivity index (χ1) is 7.33. The van der Waals surface area contributed by atoms with Crippen LogP contribution >= 0.6 is 27.3 Å². The van der Waals surface area contributed by atoms with Crippen molar-refractivity contribution in [2.75, 3.05) is 6.54 Å². The van der Waals surface area contributed by atoms with Crippen LogP contribution in [0.15, 0.2) is 38.9 Å². The predicted octanol–water partition coefficient (Wildman–Crippen LogP) is 3.80. The molecule has 0 aromatic carbocycles. The Bertz CT molecular complexity index is 410. The lowest BCUT2D eigenvalue weighted by Crippen LogP contribution is -2.20. The summed E-state index contributed by atoms with van der Waals surface area (Å²) < 4.78 is 6.08. The van der Waals surface area contributed by atoms with Gasteiger partial charge < -0.3 is 9.73 Å². The van der Waals surface area contributed by atoms with Crippen molar-refractivity contribution in [2.24, 2.45) is 0 Å². The molecule has 0 aliphatic rings. The second-order valence-electron chi connectivity index (χ2n) is 3.16. The lowest BCUT2D eigenvalue weighted by Gasteiger charge is -2.14. The number of halogens is 1. The molecule has 0 aliphatic heterocycles. The molecule has 1 N–H and O–H groups in total. The van der Waals surface area contributed by atoms with E-state index in [0.717, 1.165) is 16.8 Å². The van der Waals surface area contributed by atoms with Gasteiger partial charge in [0, 0.05) is 10.4 Å². The fourth-order valence-corrected chi connectivity index (χ4v) is 2.82. The lowest BCUT2D eigenvalue weighted by atomic mass is 10.1. The lowest BCUT2D eigenvalue weighted by molar-refractivity contribution is 0.527. The third-order valence-electron chi connectivity index (χ3n) is 2.19. The fourth-order valence-electron chi connectivity index (χ4n) is 1.53. The summed E-state index contributed by atoms with van der Waals surface area (Å²) >= 11 is 5.17. The minimum Gasteiger partial charge on any atom is -0.457 e. The van der Waals surface area contributed by atoms with Gasteiger partial charge in [-0.3, -0.25) is 0 Å². The Balaban J connectivity index is 2.32. The van der Waals surface area contributed by atoms with E-state index in [9.17, 15) is 0 Å². The first kappa shape index (κ1) is 10.9. The van der Waals surface area contributed by atoms with Crippen molar-refractivity contribution < 1.29 is 4.42 Å². The molecule has 0 radical (unpaired) electrons. The number of rotatable bonds is 4. The van der Waals surface area contributed by atoms with Crippen LogP contribution in [-0.2, 0) is 0 Å². The number of furan rings is 1. The molecule has 15 heavy (non-hydrogen) atoms. The van der Waals surface area contributed by atoms with Crippen molar-refractivity contribution in [3.05, 3.63) is 45.0 Å². The van der Waals surface area contributed by atoms with Gasteiger partial charge >= 0.3 is 0 Å². The van der Waals surface area contributed by atoms with Gasteiger partial charge in [-0.2, -0.15) is 0 Å². The monoisotopic (exact) mass is 285 g/mol. The molecule has 2 aromatic heterocycles. The second kappa shape index (κ2) is 4.96. The van der Waals surface area contributed by atoms with Crippen LogP contribution in [-0.4, -0.2) is 6.54 Å². The third kappa shape index (κ3) is 2.33. The zero-order valence-electron chi connectivity index (χ0n) is 8.37. The van der Waals surface area contributed by atoms with Gasteiger partial charge in [-0.25, -0.2) is 0 Å². The average molecular weight is 286 g/mol. The van der Waals surface area contributed by atoms with Crippen molar-refractivity contribution in [1.82, 2.24) is 5.32 Å². The number of thiophene rings is 1. The van der Waals surface area contributed by atoms with E-state index in [-0.39, 0.29) is 6.04 Å². The normalized spacial score (nSPS) is 12.9. The Morgan fingerprint density at radius 1 is 1.53 bits per heavy atom. The van der Waals surface area contributed by atoms with E-state index in [1.165, 1.54) is 4.88 Å². The van der Waals surface area contributed by atoms with Crippen LogP contribution < -0.4 is 5.32 Å². The van der Waals surface area contributed by atoms with Crippen LogP contribution in [0, 0.1) is 0 Å². The highest BCUT2D eigenvalue weighted by Crippen LogP contribution is 2.31. The van der Waals surface area contributed by atoms with Gasteiger partial charge in [0.05, 0.1) is 12.3 Å². The van der Waals surface area contributed by atoms with Crippen molar-refractivity contribution in [1.29, 1.82) is 0 Å². The third-order valence-corrected chi connectivity index (χ3v) is 3.77. The van der Waals surface area contributed by atoms with E-state index in [1.807, 2.05) is 6.07 Å². The fraction of sp³-hybridized carbons (Fsp3) is 0.273. The summed E-state index contributed by atoms with van der Waals surface area (Å²) in [7, 11) is 0. The number of hydrogen-bond acceptors (Lipinski definition) is 3. The van der Waals surface area contributed by atoms with Gasteiger partial charge in [-0.1, -0.05) is 13.0 Å². The quantitative estimate of drug-likeness (QED) is 0.924. The molecule has 0 spiro atoms. The van der Waals surface area contributed by atoms with Gasteiger partial charge in [0.25, 0.3) is 0 Å². The standard InChI is InChI=1S/C11H12BrNOS/c1-2-13-10(9-4-3-7-15-9)8-5-6-14-11(8)12/h3-7,10,13H,2H2,1H3. The zero-order chi connectivity index (χ0) is 10.7. The van der Waals surface area contributed by atoms with Crippen LogP contribution in [0.3, 0.4) is 0 Å². The van der Waals surface area contributed by atoms with E-state index in [0.29, 0.717) is 0 Å². The van der Waals surface area contributed by atoms with Crippen LogP contribution in [0.4, 0.5) is 0 Å². The zero-order valence-corrected chi connectivity index (χ0v) is 10.8. The molecule has 0 amide bonds. The van der Waals surface area contributed by atoms with Crippen molar-refractivity contribution in [3.8, 4) is 0 Å². The van der Waals surface area contributed by atoms with Crippen LogP contribution in [0.5, 0.6) is 0 Å². The number of nitrogens with one attached hydrogen (secondary N) is 1. The minimum absolute atomic E-state index is 0.225. The highest BCUT2D eigenvalue weighted by atomic mass is 79.9. The molecule has 1 unspecified atom stereocenters. The Morgan fingerprint density at radius 3 is 2.93 bits per heavy atom. The summed E-state index contributed by atoms with van der Waals surface area (Å²) in [5.41, 5.74) is 1.15. The molecular formula is C11H12BrNOS. The van der Waals surface area contributed by atoms with Gasteiger partial charge in [0.1, 0.15) is 0 Å². The second-order valence-corrected chi connectivity index (χ2v) is 4.86. The van der Waals surface area contributed by atoms with E-state index < -0.39 is 0 Å². The molecule has 0 bridgehead atoms. The van der Waals surface area contributed by atoms with Gasteiger partial charge in [0.15, 0.2) is 4.67 Å². The van der Waals surface area contributed by atoms with Crippen LogP contribution in [0.2, 0.25) is 0 Å². The molecule has 80 valence electrons. The van der Waals surface area contributed by atoms with E-state index >= 15 is 0 Å². The first-order valence-electron chi connectivity index (χ1n) is 4.82. The van der Waals surface area contributed by atoms with Gasteiger partial charge in [-0.15, -0.1) is 11.3 Å². The largest absolute Gasteiger partial charge is 0.457 e. The molecular weight excluding hydrogens is 274 g/mol. The molecule has 2 aromatic rings. The summed E-state index contributed by atoms with van der Waals surface area (Å²) in [6.07, 6.45) is 1.71. The maximum absolute atomic E-state index is 5.27. The molecule has 1 atom stereocenters. The van der Waals surface area contributed by atoms with Gasteiger partial charge in [-0.05, 0) is 40.0 Å². The summed E-state index contributed by atoms with van der Waals surface area (Å²) in [4.78, 5) is 1.30. The molecule has 2 nitrogen and oxygen atoms in total. The summed E-state index contributed by atoms with van der Waals surface area (Å²) in [5.74, 6) is 0. The van der Waals surface area contributed by atoms with Crippen LogP contribution in [0.25, 0.3) is 0 Å². The predicted molar refractivity (Wildman–Crippen MR) is 66.2 cm³/mol. The maximum atomic E-state index is 5.27. The minimum atomic E-state index is 0.225. The molecule has 2 heterocycles.